The van der Waals surface area contributed by atoms with Gasteiger partial charge in [-0.25, -0.2) is 8.42 Å². The summed E-state index contributed by atoms with van der Waals surface area (Å²) in [7, 11) is -1.59. The Morgan fingerprint density at radius 3 is 2.50 bits per heavy atom. The Morgan fingerprint density at radius 1 is 1.08 bits per heavy atom. The van der Waals surface area contributed by atoms with E-state index in [-0.39, 0.29) is 11.8 Å². The van der Waals surface area contributed by atoms with E-state index >= 15 is 0 Å². The van der Waals surface area contributed by atoms with Gasteiger partial charge in [-0.1, -0.05) is 41.6 Å². The molecule has 0 aliphatic heterocycles. The smallest absolute Gasteiger partial charge is 0.258 e. The van der Waals surface area contributed by atoms with Crippen LogP contribution in [0.15, 0.2) is 64.0 Å². The lowest BCUT2D eigenvalue weighted by Gasteiger charge is -2.08. The molecule has 3 rings (SSSR count). The van der Waals surface area contributed by atoms with Crippen molar-refractivity contribution in [2.75, 3.05) is 7.05 Å². The van der Waals surface area contributed by atoms with Crippen molar-refractivity contribution in [3.05, 3.63) is 66.0 Å². The van der Waals surface area contributed by atoms with Crippen molar-refractivity contribution < 1.29 is 12.9 Å². The normalized spacial score (nSPS) is 12.8. The monoisotopic (exact) mass is 371 g/mol. The van der Waals surface area contributed by atoms with Gasteiger partial charge in [0, 0.05) is 18.0 Å². The zero-order chi connectivity index (χ0) is 18.6. The standard InChI is InChI=1S/C19H21N3O3S/c1-14(20-2)12-18-21-19(25-22-18)17-11-7-6-8-15(17)13-26(23,24)16-9-4-3-5-10-16/h3-11,14,20H,12-13H2,1-2H3. The van der Waals surface area contributed by atoms with E-state index in [4.69, 9.17) is 4.52 Å². The maximum atomic E-state index is 12.7. The molecule has 0 spiro atoms. The topological polar surface area (TPSA) is 85.1 Å². The molecule has 6 nitrogen and oxygen atoms in total. The third kappa shape index (κ3) is 4.17. The first kappa shape index (κ1) is 18.3. The van der Waals surface area contributed by atoms with Crippen LogP contribution in [0.1, 0.15) is 18.3 Å². The molecule has 1 atom stereocenters. The first-order chi connectivity index (χ1) is 12.5. The van der Waals surface area contributed by atoms with Gasteiger partial charge in [0.25, 0.3) is 5.89 Å². The lowest BCUT2D eigenvalue weighted by Crippen LogP contribution is -2.24. The highest BCUT2D eigenvalue weighted by Crippen LogP contribution is 2.26. The Morgan fingerprint density at radius 2 is 1.77 bits per heavy atom. The molecule has 0 bridgehead atoms. The highest BCUT2D eigenvalue weighted by Gasteiger charge is 2.20. The summed E-state index contributed by atoms with van der Waals surface area (Å²) in [4.78, 5) is 4.71. The summed E-state index contributed by atoms with van der Waals surface area (Å²) in [5, 5.41) is 7.12. The van der Waals surface area contributed by atoms with Crippen LogP contribution in [0.2, 0.25) is 0 Å². The van der Waals surface area contributed by atoms with Crippen molar-refractivity contribution in [2.45, 2.75) is 30.0 Å². The number of rotatable bonds is 7. The van der Waals surface area contributed by atoms with Gasteiger partial charge >= 0.3 is 0 Å². The van der Waals surface area contributed by atoms with E-state index in [9.17, 15) is 8.42 Å². The fourth-order valence-corrected chi connectivity index (χ4v) is 3.99. The minimum atomic E-state index is -3.46. The minimum Gasteiger partial charge on any atom is -0.334 e. The predicted octanol–water partition coefficient (Wildman–Crippen LogP) is 2.86. The van der Waals surface area contributed by atoms with Crippen molar-refractivity contribution in [3.63, 3.8) is 0 Å². The van der Waals surface area contributed by atoms with E-state index in [1.54, 1.807) is 48.5 Å². The van der Waals surface area contributed by atoms with Gasteiger partial charge in [-0.3, -0.25) is 0 Å². The molecule has 136 valence electrons. The summed E-state index contributed by atoms with van der Waals surface area (Å²) < 4.78 is 30.8. The van der Waals surface area contributed by atoms with E-state index in [1.165, 1.54) is 0 Å². The van der Waals surface area contributed by atoms with Gasteiger partial charge in [-0.15, -0.1) is 0 Å². The van der Waals surface area contributed by atoms with E-state index in [1.807, 2.05) is 20.0 Å². The molecule has 0 saturated carbocycles. The molecule has 26 heavy (non-hydrogen) atoms. The molecule has 0 aliphatic carbocycles. The molecule has 1 unspecified atom stereocenters. The van der Waals surface area contributed by atoms with Crippen LogP contribution >= 0.6 is 0 Å². The average molecular weight is 371 g/mol. The van der Waals surface area contributed by atoms with Gasteiger partial charge in [0.15, 0.2) is 15.7 Å². The molecular formula is C19H21N3O3S. The van der Waals surface area contributed by atoms with Gasteiger partial charge in [-0.05, 0) is 37.7 Å². The van der Waals surface area contributed by atoms with Crippen LogP contribution in [-0.4, -0.2) is 31.6 Å². The first-order valence-corrected chi connectivity index (χ1v) is 10.0. The van der Waals surface area contributed by atoms with Gasteiger partial charge in [0.2, 0.25) is 0 Å². The zero-order valence-corrected chi connectivity index (χ0v) is 15.5. The summed E-state index contributed by atoms with van der Waals surface area (Å²) in [6.45, 7) is 2.02. The minimum absolute atomic E-state index is 0.127. The summed E-state index contributed by atoms with van der Waals surface area (Å²) in [5.74, 6) is 0.794. The second kappa shape index (κ2) is 7.80. The summed E-state index contributed by atoms with van der Waals surface area (Å²) in [5.41, 5.74) is 1.27. The third-order valence-corrected chi connectivity index (χ3v) is 5.83. The number of hydrogen-bond donors (Lipinski definition) is 1. The number of hydrogen-bond acceptors (Lipinski definition) is 6. The molecule has 0 saturated heterocycles. The molecule has 1 heterocycles. The molecular weight excluding hydrogens is 350 g/mol. The zero-order valence-electron chi connectivity index (χ0n) is 14.7. The molecule has 0 amide bonds. The lowest BCUT2D eigenvalue weighted by molar-refractivity contribution is 0.418. The second-order valence-electron chi connectivity index (χ2n) is 6.14. The Hall–Kier alpha value is -2.51. The van der Waals surface area contributed by atoms with Crippen molar-refractivity contribution >= 4 is 9.84 Å². The van der Waals surface area contributed by atoms with Crippen LogP contribution in [0.4, 0.5) is 0 Å². The average Bonchev–Trinajstić information content (AvgIpc) is 3.10. The number of sulfone groups is 1. The van der Waals surface area contributed by atoms with Gasteiger partial charge in [0.1, 0.15) is 0 Å². The van der Waals surface area contributed by atoms with E-state index in [0.717, 1.165) is 0 Å². The Balaban J connectivity index is 1.90. The molecule has 0 fully saturated rings. The summed E-state index contributed by atoms with van der Waals surface area (Å²) in [6, 6.07) is 15.8. The quantitative estimate of drug-likeness (QED) is 0.687. The maximum Gasteiger partial charge on any atom is 0.258 e. The van der Waals surface area contributed by atoms with Gasteiger partial charge < -0.3 is 9.84 Å². The lowest BCUT2D eigenvalue weighted by atomic mass is 10.1. The Kier molecular flexibility index (Phi) is 5.49. The van der Waals surface area contributed by atoms with Crippen molar-refractivity contribution in [1.82, 2.24) is 15.5 Å². The molecule has 1 N–H and O–H groups in total. The van der Waals surface area contributed by atoms with Crippen molar-refractivity contribution in [1.29, 1.82) is 0 Å². The summed E-state index contributed by atoms with van der Waals surface area (Å²) in [6.07, 6.45) is 0.629. The first-order valence-electron chi connectivity index (χ1n) is 8.35. The SMILES string of the molecule is CNC(C)Cc1noc(-c2ccccc2CS(=O)(=O)c2ccccc2)n1. The largest absolute Gasteiger partial charge is 0.334 e. The predicted molar refractivity (Wildman–Crippen MR) is 99.3 cm³/mol. The molecule has 0 radical (unpaired) electrons. The Bertz CT molecular complexity index is 968. The molecule has 0 aliphatic rings. The van der Waals surface area contributed by atoms with Crippen molar-refractivity contribution in [3.8, 4) is 11.5 Å². The van der Waals surface area contributed by atoms with E-state index < -0.39 is 9.84 Å². The van der Waals surface area contributed by atoms with Crippen LogP contribution in [-0.2, 0) is 22.0 Å². The Labute approximate surface area is 153 Å². The fraction of sp³-hybridized carbons (Fsp3) is 0.263. The second-order valence-corrected chi connectivity index (χ2v) is 8.13. The number of likely N-dealkylation sites (N-methyl/N-ethyl adjacent to an activating group) is 1. The molecule has 2 aromatic carbocycles. The number of nitrogens with zero attached hydrogens (tertiary/aromatic N) is 2. The molecule has 3 aromatic rings. The number of aromatic nitrogens is 2. The highest BCUT2D eigenvalue weighted by atomic mass is 32.2. The van der Waals surface area contributed by atoms with Crippen LogP contribution in [0.25, 0.3) is 11.5 Å². The number of benzene rings is 2. The fourth-order valence-electron chi connectivity index (χ4n) is 2.59. The van der Waals surface area contributed by atoms with E-state index in [2.05, 4.69) is 15.5 Å². The summed E-state index contributed by atoms with van der Waals surface area (Å²) >= 11 is 0. The maximum absolute atomic E-state index is 12.7. The van der Waals surface area contributed by atoms with Gasteiger partial charge in [-0.2, -0.15) is 4.98 Å². The highest BCUT2D eigenvalue weighted by molar-refractivity contribution is 7.90. The molecule has 1 aromatic heterocycles. The molecule has 7 heteroatoms. The van der Waals surface area contributed by atoms with Gasteiger partial charge in [0.05, 0.1) is 10.6 Å². The van der Waals surface area contributed by atoms with Crippen LogP contribution in [0.5, 0.6) is 0 Å². The third-order valence-electron chi connectivity index (χ3n) is 4.15. The number of nitrogens with one attached hydrogen (secondary N) is 1. The van der Waals surface area contributed by atoms with Crippen molar-refractivity contribution in [2.24, 2.45) is 0 Å². The van der Waals surface area contributed by atoms with Crippen LogP contribution in [0.3, 0.4) is 0 Å². The van der Waals surface area contributed by atoms with Crippen LogP contribution in [0, 0.1) is 0 Å². The van der Waals surface area contributed by atoms with E-state index in [0.29, 0.717) is 34.2 Å². The van der Waals surface area contributed by atoms with Crippen LogP contribution < -0.4 is 5.32 Å².